The molecule has 3 atom stereocenters. The van der Waals surface area contributed by atoms with Gasteiger partial charge in [-0.1, -0.05) is 56.3 Å². The molecule has 0 fully saturated rings. The first-order valence-corrected chi connectivity index (χ1v) is 18.3. The van der Waals surface area contributed by atoms with Crippen LogP contribution in [0.15, 0.2) is 85.2 Å². The van der Waals surface area contributed by atoms with E-state index < -0.39 is 36.1 Å². The number of carboxylic acid groups (broad SMARTS) is 1. The molecule has 5 aromatic rings. The second-order valence-electron chi connectivity index (χ2n) is 13.4. The van der Waals surface area contributed by atoms with Crippen molar-refractivity contribution in [2.24, 2.45) is 5.92 Å². The van der Waals surface area contributed by atoms with Crippen molar-refractivity contribution in [1.29, 1.82) is 0 Å². The van der Waals surface area contributed by atoms with E-state index in [1.165, 1.54) is 24.4 Å². The summed E-state index contributed by atoms with van der Waals surface area (Å²) in [7, 11) is 0. The number of carbonyl (C=O) groups is 4. The molecule has 56 heavy (non-hydrogen) atoms. The van der Waals surface area contributed by atoms with Crippen molar-refractivity contribution in [2.75, 3.05) is 49.7 Å². The molecule has 0 aliphatic heterocycles. The maximum absolute atomic E-state index is 13.2. The molecule has 0 aliphatic rings. The summed E-state index contributed by atoms with van der Waals surface area (Å²) >= 11 is 0. The summed E-state index contributed by atoms with van der Waals surface area (Å²) < 4.78 is 12.8. The van der Waals surface area contributed by atoms with E-state index in [0.29, 0.717) is 48.8 Å². The van der Waals surface area contributed by atoms with Crippen molar-refractivity contribution >= 4 is 52.1 Å². The van der Waals surface area contributed by atoms with Crippen molar-refractivity contribution in [3.8, 4) is 0 Å². The normalized spacial score (nSPS) is 12.9. The molecule has 0 saturated carbocycles. The Labute approximate surface area is 323 Å². The molecule has 3 heterocycles. The zero-order chi connectivity index (χ0) is 40.0. The first kappa shape index (κ1) is 41.2. The van der Waals surface area contributed by atoms with Crippen molar-refractivity contribution in [3.63, 3.8) is 0 Å². The number of imidazole rings is 1. The predicted molar refractivity (Wildman–Crippen MR) is 204 cm³/mol. The number of rotatable bonds is 20. The van der Waals surface area contributed by atoms with Crippen LogP contribution < -0.4 is 31.7 Å². The highest BCUT2D eigenvalue weighted by molar-refractivity contribution is 6.17. The van der Waals surface area contributed by atoms with Crippen LogP contribution >= 0.6 is 0 Å². The van der Waals surface area contributed by atoms with Crippen molar-refractivity contribution < 1.29 is 44.6 Å². The average Bonchev–Trinajstić information content (AvgIpc) is 3.56. The molecule has 296 valence electrons. The first-order chi connectivity index (χ1) is 27.0. The van der Waals surface area contributed by atoms with E-state index in [1.807, 2.05) is 68.4 Å². The fourth-order valence-corrected chi connectivity index (χ4v) is 5.86. The number of anilines is 2. The number of nitrogens with zero attached hydrogens (tertiary/aromatic N) is 5. The molecule has 0 radical (unpaired) electrons. The Morgan fingerprint density at radius 3 is 2.30 bits per heavy atom. The fraction of sp³-hybridized carbons (Fsp3) is 0.359. The quantitative estimate of drug-likeness (QED) is 0.0684. The number of benzene rings is 2. The number of fused-ring (bicyclic) bond motifs is 3. The third-order valence-electron chi connectivity index (χ3n) is 8.66. The van der Waals surface area contributed by atoms with Gasteiger partial charge in [-0.2, -0.15) is 0 Å². The maximum atomic E-state index is 13.2. The molecule has 7 N–H and O–H groups in total. The van der Waals surface area contributed by atoms with Gasteiger partial charge in [0.05, 0.1) is 49.3 Å². The summed E-state index contributed by atoms with van der Waals surface area (Å²) in [6.45, 7) is 5.58. The molecule has 2 aromatic carbocycles. The van der Waals surface area contributed by atoms with Gasteiger partial charge >= 0.3 is 0 Å². The number of imide groups is 1. The minimum absolute atomic E-state index is 0.0129. The monoisotopic (exact) mass is 769 g/mol. The third kappa shape index (κ3) is 11.3. The molecule has 0 unspecified atom stereocenters. The standard InChI is InChI=1S/C39H47N9O8/c1-25(2)22-31(44-36(51)34(49)28(40)23-26-8-4-3-5-9-26)35(50)42-16-19-56-21-20-55-18-15-41-33-13-12-27(24-43-33)48(39(53)54)37(52)30-14-17-47-32-11-7-6-10-29(32)45-38(47)46-30/h3-14,17,24-25,28,31,34,49H,15-16,18-23,40H2,1-2H3,(H,41,43)(H,42,50)(H,44,51)(H,53,54)/t28-,31+,34+/m1/s1. The van der Waals surface area contributed by atoms with Crippen LogP contribution in [0.4, 0.5) is 16.3 Å². The highest BCUT2D eigenvalue weighted by atomic mass is 16.5. The van der Waals surface area contributed by atoms with Crippen LogP contribution in [0.2, 0.25) is 0 Å². The summed E-state index contributed by atoms with van der Waals surface area (Å²) in [6, 6.07) is 19.8. The van der Waals surface area contributed by atoms with Gasteiger partial charge in [-0.3, -0.25) is 23.7 Å². The number of carbonyl (C=O) groups excluding carboxylic acids is 4. The van der Waals surface area contributed by atoms with Crippen LogP contribution in [-0.2, 0) is 25.5 Å². The van der Waals surface area contributed by atoms with E-state index in [0.717, 1.165) is 11.1 Å². The molecule has 0 aliphatic carbocycles. The highest BCUT2D eigenvalue weighted by Crippen LogP contribution is 2.20. The number of hydrogen-bond acceptors (Lipinski definition) is 12. The molecule has 17 heteroatoms. The molecule has 0 spiro atoms. The molecule has 5 rings (SSSR count). The number of hydrogen-bond donors (Lipinski definition) is 5. The van der Waals surface area contributed by atoms with E-state index in [4.69, 9.17) is 9.47 Å². The number of amides is 4. The number of aliphatic hydroxyl groups excluding tert-OH is 1. The molecular formula is C39H47N9O8. The second-order valence-corrected chi connectivity index (χ2v) is 13.4. The van der Waals surface area contributed by atoms with Gasteiger partial charge in [0.1, 0.15) is 29.7 Å². The number of quaternary nitrogens is 1. The van der Waals surface area contributed by atoms with Gasteiger partial charge in [0.2, 0.25) is 11.7 Å². The number of aliphatic hydroxyl groups is 1. The number of ether oxygens (including phenoxy) is 2. The van der Waals surface area contributed by atoms with Crippen LogP contribution in [-0.4, -0.2) is 106 Å². The Morgan fingerprint density at radius 1 is 0.893 bits per heavy atom. The Morgan fingerprint density at radius 2 is 1.61 bits per heavy atom. The fourth-order valence-electron chi connectivity index (χ4n) is 5.86. The van der Waals surface area contributed by atoms with Crippen LogP contribution in [0.3, 0.4) is 0 Å². The summed E-state index contributed by atoms with van der Waals surface area (Å²) in [5.74, 6) is -1.11. The average molecular weight is 770 g/mol. The summed E-state index contributed by atoms with van der Waals surface area (Å²) in [5.41, 5.74) is 6.24. The van der Waals surface area contributed by atoms with E-state index in [-0.39, 0.29) is 48.7 Å². The zero-order valence-corrected chi connectivity index (χ0v) is 31.3. The number of para-hydroxylation sites is 2. The highest BCUT2D eigenvalue weighted by Gasteiger charge is 2.30. The summed E-state index contributed by atoms with van der Waals surface area (Å²) in [4.78, 5) is 64.2. The Kier molecular flexibility index (Phi) is 14.7. The van der Waals surface area contributed by atoms with Gasteiger partial charge in [0, 0.05) is 25.7 Å². The van der Waals surface area contributed by atoms with Crippen molar-refractivity contribution in [3.05, 3.63) is 96.4 Å². The minimum atomic E-state index is -1.73. The lowest BCUT2D eigenvalue weighted by Crippen LogP contribution is -2.70. The van der Waals surface area contributed by atoms with E-state index >= 15 is 0 Å². The zero-order valence-electron chi connectivity index (χ0n) is 31.3. The summed E-state index contributed by atoms with van der Waals surface area (Å²) in [6.07, 6.45) is 0.552. The Balaban J connectivity index is 0.974. The smallest absolute Gasteiger partial charge is 0.282 e. The van der Waals surface area contributed by atoms with Gasteiger partial charge in [0.15, 0.2) is 6.10 Å². The second kappa shape index (κ2) is 20.1. The molecule has 17 nitrogen and oxygen atoms in total. The van der Waals surface area contributed by atoms with Crippen LogP contribution in [0.1, 0.15) is 36.3 Å². The molecular weight excluding hydrogens is 722 g/mol. The van der Waals surface area contributed by atoms with Gasteiger partial charge in [0.25, 0.3) is 11.8 Å². The van der Waals surface area contributed by atoms with E-state index in [2.05, 4.69) is 36.6 Å². The predicted octanol–water partition coefficient (Wildman–Crippen LogP) is 0.574. The largest absolute Gasteiger partial charge is 0.529 e. The first-order valence-electron chi connectivity index (χ1n) is 18.3. The van der Waals surface area contributed by atoms with Crippen LogP contribution in [0.5, 0.6) is 0 Å². The maximum Gasteiger partial charge on any atom is 0.282 e. The summed E-state index contributed by atoms with van der Waals surface area (Å²) in [5, 5.41) is 31.1. The minimum Gasteiger partial charge on any atom is -0.529 e. The SMILES string of the molecule is CC(C)C[C@H](NC(=O)[C@@H](O)[C@H]([NH3+])Cc1ccccc1)C(=O)NCCOCCOCCNc1ccc(N(C(=O)[O-])C(=O)c2ccn3c(n2)nc2ccccc23)cn1. The van der Waals surface area contributed by atoms with E-state index in [9.17, 15) is 29.4 Å². The molecule has 3 aromatic heterocycles. The van der Waals surface area contributed by atoms with Gasteiger partial charge in [-0.15, -0.1) is 0 Å². The molecule has 4 amide bonds. The third-order valence-corrected chi connectivity index (χ3v) is 8.66. The molecule has 0 saturated heterocycles. The van der Waals surface area contributed by atoms with Gasteiger partial charge < -0.3 is 46.2 Å². The lowest BCUT2D eigenvalue weighted by molar-refractivity contribution is -0.432. The Bertz CT molecular complexity index is 2080. The molecule has 0 bridgehead atoms. The van der Waals surface area contributed by atoms with Gasteiger partial charge in [-0.25, -0.2) is 15.0 Å². The van der Waals surface area contributed by atoms with Crippen molar-refractivity contribution in [1.82, 2.24) is 30.0 Å². The topological polar surface area (TPSA) is 240 Å². The van der Waals surface area contributed by atoms with Crippen LogP contribution in [0.25, 0.3) is 16.8 Å². The van der Waals surface area contributed by atoms with Crippen LogP contribution in [0, 0.1) is 5.92 Å². The van der Waals surface area contributed by atoms with Gasteiger partial charge in [-0.05, 0) is 48.2 Å². The lowest BCUT2D eigenvalue weighted by Gasteiger charge is -2.23. The number of pyridine rings is 1. The number of nitrogens with one attached hydrogen (secondary N) is 3. The lowest BCUT2D eigenvalue weighted by atomic mass is 10.00. The van der Waals surface area contributed by atoms with E-state index in [1.54, 1.807) is 10.6 Å². The Hall–Kier alpha value is -6.01. The van der Waals surface area contributed by atoms with Crippen molar-refractivity contribution in [2.45, 2.75) is 44.9 Å². The number of aromatic nitrogens is 4.